The van der Waals surface area contributed by atoms with Crippen LogP contribution in [0.5, 0.6) is 5.75 Å². The Bertz CT molecular complexity index is 898. The normalized spacial score (nSPS) is 11.2. The van der Waals surface area contributed by atoms with Crippen molar-refractivity contribution in [2.45, 2.75) is 18.7 Å². The Hall–Kier alpha value is -2.09. The van der Waals surface area contributed by atoms with Gasteiger partial charge in [-0.2, -0.15) is 0 Å². The van der Waals surface area contributed by atoms with E-state index in [0.717, 1.165) is 11.1 Å². The zero-order valence-corrected chi connectivity index (χ0v) is 15.7. The van der Waals surface area contributed by atoms with Gasteiger partial charge in [0.2, 0.25) is 15.9 Å². The van der Waals surface area contributed by atoms with Gasteiger partial charge in [0.05, 0.1) is 24.4 Å². The maximum atomic E-state index is 12.5. The molecule has 0 unspecified atom stereocenters. The first-order valence-corrected chi connectivity index (χ1v) is 9.30. The van der Waals surface area contributed by atoms with Gasteiger partial charge < -0.3 is 10.1 Å². The molecule has 2 aromatic rings. The molecule has 0 aliphatic carbocycles. The zero-order valence-electron chi connectivity index (χ0n) is 14.1. The number of para-hydroxylation sites is 1. The highest BCUT2D eigenvalue weighted by molar-refractivity contribution is 7.89. The summed E-state index contributed by atoms with van der Waals surface area (Å²) in [5.41, 5.74) is 2.13. The number of aryl methyl sites for hydroxylation is 2. The lowest BCUT2D eigenvalue weighted by molar-refractivity contribution is -0.115. The van der Waals surface area contributed by atoms with Crippen LogP contribution in [0, 0.1) is 13.8 Å². The van der Waals surface area contributed by atoms with Gasteiger partial charge in [-0.15, -0.1) is 0 Å². The molecule has 2 N–H and O–H groups in total. The largest absolute Gasteiger partial charge is 0.495 e. The number of halogens is 1. The number of anilines is 1. The molecule has 0 saturated heterocycles. The number of benzene rings is 2. The van der Waals surface area contributed by atoms with Crippen LogP contribution in [0.25, 0.3) is 0 Å². The summed E-state index contributed by atoms with van der Waals surface area (Å²) in [6, 6.07) is 9.86. The third-order valence-electron chi connectivity index (χ3n) is 3.64. The minimum Gasteiger partial charge on any atom is -0.495 e. The van der Waals surface area contributed by atoms with Crippen molar-refractivity contribution in [1.29, 1.82) is 0 Å². The predicted molar refractivity (Wildman–Crippen MR) is 97.7 cm³/mol. The van der Waals surface area contributed by atoms with Crippen LogP contribution >= 0.6 is 11.6 Å². The first kappa shape index (κ1) is 19.2. The highest BCUT2D eigenvalue weighted by Gasteiger charge is 2.21. The fraction of sp³-hybridized carbons (Fsp3) is 0.235. The van der Waals surface area contributed by atoms with Crippen molar-refractivity contribution in [1.82, 2.24) is 4.72 Å². The summed E-state index contributed by atoms with van der Waals surface area (Å²) in [5.74, 6) is -0.304. The van der Waals surface area contributed by atoms with Crippen molar-refractivity contribution in [2.24, 2.45) is 0 Å². The number of sulfonamides is 1. The highest BCUT2D eigenvalue weighted by Crippen LogP contribution is 2.27. The zero-order chi connectivity index (χ0) is 18.6. The molecule has 2 aromatic carbocycles. The monoisotopic (exact) mass is 382 g/mol. The van der Waals surface area contributed by atoms with E-state index in [0.29, 0.717) is 10.7 Å². The molecule has 0 spiro atoms. The van der Waals surface area contributed by atoms with Crippen molar-refractivity contribution < 1.29 is 17.9 Å². The van der Waals surface area contributed by atoms with Crippen molar-refractivity contribution in [2.75, 3.05) is 19.0 Å². The van der Waals surface area contributed by atoms with E-state index in [9.17, 15) is 13.2 Å². The molecule has 2 rings (SSSR count). The van der Waals surface area contributed by atoms with Gasteiger partial charge in [-0.3, -0.25) is 4.79 Å². The lowest BCUT2D eigenvalue weighted by atomic mass is 10.1. The van der Waals surface area contributed by atoms with E-state index in [-0.39, 0.29) is 10.6 Å². The Morgan fingerprint density at radius 1 is 1.16 bits per heavy atom. The number of ether oxygens (including phenoxy) is 1. The number of methoxy groups -OCH3 is 1. The van der Waals surface area contributed by atoms with Crippen LogP contribution in [0.15, 0.2) is 41.3 Å². The average Bonchev–Trinajstić information content (AvgIpc) is 2.57. The SMILES string of the molecule is COc1cc(C)c(C)cc1S(=O)(=O)NCC(=O)Nc1ccccc1Cl. The molecule has 6 nitrogen and oxygen atoms in total. The summed E-state index contributed by atoms with van der Waals surface area (Å²) in [4.78, 5) is 12.0. The number of carbonyl (C=O) groups excluding carboxylic acids is 1. The number of hydrogen-bond donors (Lipinski definition) is 2. The van der Waals surface area contributed by atoms with Gasteiger partial charge in [0, 0.05) is 0 Å². The molecular formula is C17H19ClN2O4S. The minimum atomic E-state index is -3.91. The van der Waals surface area contributed by atoms with Gasteiger partial charge in [-0.1, -0.05) is 23.7 Å². The van der Waals surface area contributed by atoms with E-state index in [1.165, 1.54) is 13.2 Å². The average molecular weight is 383 g/mol. The third-order valence-corrected chi connectivity index (χ3v) is 5.39. The van der Waals surface area contributed by atoms with Crippen molar-refractivity contribution >= 4 is 33.2 Å². The number of hydrogen-bond acceptors (Lipinski definition) is 4. The number of rotatable bonds is 6. The summed E-state index contributed by atoms with van der Waals surface area (Å²) >= 11 is 5.96. The van der Waals surface area contributed by atoms with E-state index in [1.54, 1.807) is 37.3 Å². The first-order valence-electron chi connectivity index (χ1n) is 7.44. The summed E-state index contributed by atoms with van der Waals surface area (Å²) in [6.45, 7) is 3.24. The quantitative estimate of drug-likeness (QED) is 0.804. The molecule has 8 heteroatoms. The van der Waals surface area contributed by atoms with E-state index in [2.05, 4.69) is 10.0 Å². The molecule has 0 radical (unpaired) electrons. The first-order chi connectivity index (χ1) is 11.7. The molecule has 134 valence electrons. The molecule has 0 aliphatic rings. The van der Waals surface area contributed by atoms with E-state index in [1.807, 2.05) is 6.92 Å². The molecule has 0 aliphatic heterocycles. The second-order valence-electron chi connectivity index (χ2n) is 5.44. The fourth-order valence-corrected chi connectivity index (χ4v) is 3.53. The number of amides is 1. The highest BCUT2D eigenvalue weighted by atomic mass is 35.5. The van der Waals surface area contributed by atoms with Gasteiger partial charge in [0.1, 0.15) is 10.6 Å². The summed E-state index contributed by atoms with van der Waals surface area (Å²) < 4.78 is 32.4. The maximum Gasteiger partial charge on any atom is 0.244 e. The number of carbonyl (C=O) groups is 1. The molecule has 25 heavy (non-hydrogen) atoms. The molecule has 0 bridgehead atoms. The van der Waals surface area contributed by atoms with Crippen molar-refractivity contribution in [3.8, 4) is 5.75 Å². The molecule has 0 atom stereocenters. The Labute approximate surface area is 152 Å². The van der Waals surface area contributed by atoms with Gasteiger partial charge in [0.15, 0.2) is 0 Å². The lowest BCUT2D eigenvalue weighted by Crippen LogP contribution is -2.33. The van der Waals surface area contributed by atoms with Crippen LogP contribution in [-0.2, 0) is 14.8 Å². The molecule has 0 fully saturated rings. The summed E-state index contributed by atoms with van der Waals surface area (Å²) in [6.07, 6.45) is 0. The van der Waals surface area contributed by atoms with Crippen LogP contribution < -0.4 is 14.8 Å². The summed E-state index contributed by atoms with van der Waals surface area (Å²) in [7, 11) is -2.51. The van der Waals surface area contributed by atoms with Gasteiger partial charge in [-0.25, -0.2) is 13.1 Å². The standard InChI is InChI=1S/C17H19ClN2O4S/c1-11-8-15(24-3)16(9-12(11)2)25(22,23)19-10-17(21)20-14-7-5-4-6-13(14)18/h4-9,19H,10H2,1-3H3,(H,20,21). The van der Waals surface area contributed by atoms with Crippen LogP contribution in [0.4, 0.5) is 5.69 Å². The minimum absolute atomic E-state index is 0.0105. The Balaban J connectivity index is 2.13. The second-order valence-corrected chi connectivity index (χ2v) is 7.58. The third kappa shape index (κ3) is 4.72. The Morgan fingerprint density at radius 2 is 1.80 bits per heavy atom. The topological polar surface area (TPSA) is 84.5 Å². The van der Waals surface area contributed by atoms with Crippen LogP contribution in [0.2, 0.25) is 5.02 Å². The van der Waals surface area contributed by atoms with Gasteiger partial charge >= 0.3 is 0 Å². The van der Waals surface area contributed by atoms with Crippen molar-refractivity contribution in [3.63, 3.8) is 0 Å². The molecule has 0 heterocycles. The van der Waals surface area contributed by atoms with E-state index < -0.39 is 22.5 Å². The van der Waals surface area contributed by atoms with Gasteiger partial charge in [0.25, 0.3) is 0 Å². The molecule has 0 saturated carbocycles. The fourth-order valence-electron chi connectivity index (χ4n) is 2.13. The Morgan fingerprint density at radius 3 is 2.44 bits per heavy atom. The van der Waals surface area contributed by atoms with Crippen LogP contribution in [-0.4, -0.2) is 28.0 Å². The lowest BCUT2D eigenvalue weighted by Gasteiger charge is -2.13. The maximum absolute atomic E-state index is 12.5. The smallest absolute Gasteiger partial charge is 0.244 e. The predicted octanol–water partition coefficient (Wildman–Crippen LogP) is 2.88. The van der Waals surface area contributed by atoms with Crippen LogP contribution in [0.1, 0.15) is 11.1 Å². The van der Waals surface area contributed by atoms with Crippen molar-refractivity contribution in [3.05, 3.63) is 52.5 Å². The number of nitrogens with one attached hydrogen (secondary N) is 2. The molecular weight excluding hydrogens is 364 g/mol. The second kappa shape index (κ2) is 7.86. The van der Waals surface area contributed by atoms with E-state index >= 15 is 0 Å². The van der Waals surface area contributed by atoms with Crippen LogP contribution in [0.3, 0.4) is 0 Å². The molecule has 1 amide bonds. The van der Waals surface area contributed by atoms with Gasteiger partial charge in [-0.05, 0) is 49.2 Å². The Kier molecular flexibility index (Phi) is 6.05. The molecule has 0 aromatic heterocycles. The van der Waals surface area contributed by atoms with E-state index in [4.69, 9.17) is 16.3 Å². The summed E-state index contributed by atoms with van der Waals surface area (Å²) in [5, 5.41) is 2.92.